The van der Waals surface area contributed by atoms with E-state index in [-0.39, 0.29) is 19.3 Å². The molecule has 234 valence electrons. The molecule has 0 aromatic rings. The Bertz CT molecular complexity index is 517. The van der Waals surface area contributed by atoms with E-state index in [1.54, 1.807) is 0 Å². The second-order valence-corrected chi connectivity index (χ2v) is 14.1. The molecule has 0 atom stereocenters. The Morgan fingerprint density at radius 2 is 0.550 bits per heavy atom. The summed E-state index contributed by atoms with van der Waals surface area (Å²) in [6.45, 7) is 6.64. The first-order valence-electron chi connectivity index (χ1n) is 17.1. The van der Waals surface area contributed by atoms with Crippen molar-refractivity contribution in [2.75, 3.05) is 0 Å². The molecule has 6 nitrogen and oxygen atoms in total. The van der Waals surface area contributed by atoms with Crippen LogP contribution in [0.4, 0.5) is 0 Å². The molecular weight excluding hydrogens is 562 g/mol. The maximum atomic E-state index is 12.4. The van der Waals surface area contributed by atoms with Gasteiger partial charge in [0, 0.05) is 0 Å². The van der Waals surface area contributed by atoms with Crippen molar-refractivity contribution < 1.29 is 25.0 Å². The average molecular weight is 626 g/mol. The molecule has 0 fully saturated rings. The molecule has 0 spiro atoms. The monoisotopic (exact) mass is 624 g/mol. The van der Waals surface area contributed by atoms with Crippen molar-refractivity contribution in [1.29, 1.82) is 0 Å². The van der Waals surface area contributed by atoms with E-state index in [1.807, 2.05) is 0 Å². The summed E-state index contributed by atoms with van der Waals surface area (Å²) in [6, 6.07) is 0. The van der Waals surface area contributed by atoms with Gasteiger partial charge in [0.2, 0.25) is 0 Å². The Hall–Kier alpha value is -0.954. The third kappa shape index (κ3) is 28.6. The second kappa shape index (κ2) is 31.0. The van der Waals surface area contributed by atoms with Crippen LogP contribution in [0.15, 0.2) is 0 Å². The quantitative estimate of drug-likeness (QED) is 0.0584. The van der Waals surface area contributed by atoms with Crippen molar-refractivity contribution in [3.05, 3.63) is 0 Å². The molecule has 0 amide bonds. The molecule has 0 bridgehead atoms. The Morgan fingerprint density at radius 3 is 0.775 bits per heavy atom. The number of rotatable bonds is 30. The van der Waals surface area contributed by atoms with Gasteiger partial charge < -0.3 is 0 Å². The zero-order valence-corrected chi connectivity index (χ0v) is 29.0. The molecule has 0 N–H and O–H groups in total. The van der Waals surface area contributed by atoms with Crippen LogP contribution in [0.3, 0.4) is 0 Å². The van der Waals surface area contributed by atoms with Crippen molar-refractivity contribution in [2.45, 2.75) is 194 Å². The first kappa shape index (κ1) is 39.0. The van der Waals surface area contributed by atoms with Gasteiger partial charge in [0.15, 0.2) is 0 Å². The molecule has 7 heteroatoms. The van der Waals surface area contributed by atoms with Crippen LogP contribution in [-0.2, 0) is 25.0 Å². The van der Waals surface area contributed by atoms with E-state index in [4.69, 9.17) is 10.6 Å². The van der Waals surface area contributed by atoms with Gasteiger partial charge in [0.1, 0.15) is 0 Å². The zero-order valence-electron chi connectivity index (χ0n) is 26.6. The fraction of sp³-hybridized carbons (Fsp3) is 0.909. The Morgan fingerprint density at radius 1 is 0.350 bits per heavy atom. The van der Waals surface area contributed by atoms with E-state index in [0.717, 1.165) is 57.8 Å². The van der Waals surface area contributed by atoms with E-state index >= 15 is 0 Å². The van der Waals surface area contributed by atoms with Crippen molar-refractivity contribution in [1.82, 2.24) is 0 Å². The predicted molar refractivity (Wildman–Crippen MR) is 166 cm³/mol. The summed E-state index contributed by atoms with van der Waals surface area (Å²) >= 11 is -3.75. The van der Waals surface area contributed by atoms with Crippen LogP contribution in [0.1, 0.15) is 194 Å². The first-order valence-corrected chi connectivity index (χ1v) is 20.1. The van der Waals surface area contributed by atoms with Gasteiger partial charge in [-0.15, -0.1) is 0 Å². The summed E-state index contributed by atoms with van der Waals surface area (Å²) in [7, 11) is 0. The Labute approximate surface area is 253 Å². The zero-order chi connectivity index (χ0) is 29.5. The van der Waals surface area contributed by atoms with Crippen LogP contribution in [0.5, 0.6) is 0 Å². The standard InChI is InChI=1S/3C11H22O2.Ga/c3*1-2-3-4-5-6-7-8-9-10-11(12)13;/h3*2-10H2,1H3,(H,12,13);/q;;;+3/p-3. The van der Waals surface area contributed by atoms with E-state index in [0.29, 0.717) is 0 Å². The van der Waals surface area contributed by atoms with Crippen molar-refractivity contribution in [2.24, 2.45) is 0 Å². The SMILES string of the molecule is CCCCCCCCCCC(=O)[O][Ga]([O]C(=O)CCCCCCCCCC)[O]C(=O)CCCCCCCCCC. The summed E-state index contributed by atoms with van der Waals surface area (Å²) < 4.78 is 16.4. The van der Waals surface area contributed by atoms with Crippen molar-refractivity contribution in [3.8, 4) is 0 Å². The molecule has 0 aromatic heterocycles. The van der Waals surface area contributed by atoms with Crippen LogP contribution in [0, 0.1) is 0 Å². The summed E-state index contributed by atoms with van der Waals surface area (Å²) in [5.41, 5.74) is 0. The van der Waals surface area contributed by atoms with Gasteiger partial charge in [-0.3, -0.25) is 0 Å². The van der Waals surface area contributed by atoms with E-state index < -0.39 is 35.2 Å². The molecule has 0 heterocycles. The number of carbonyl (C=O) groups excluding carboxylic acids is 3. The summed E-state index contributed by atoms with van der Waals surface area (Å²) in [4.78, 5) is 37.3. The van der Waals surface area contributed by atoms with Crippen LogP contribution >= 0.6 is 0 Å². The summed E-state index contributed by atoms with van der Waals surface area (Å²) in [5, 5.41) is 0. The molecule has 0 unspecified atom stereocenters. The molecule has 0 saturated heterocycles. The van der Waals surface area contributed by atoms with Gasteiger partial charge in [0.25, 0.3) is 0 Å². The van der Waals surface area contributed by atoms with Gasteiger partial charge in [-0.25, -0.2) is 0 Å². The third-order valence-electron chi connectivity index (χ3n) is 7.39. The van der Waals surface area contributed by atoms with E-state index in [9.17, 15) is 14.4 Å². The third-order valence-corrected chi connectivity index (χ3v) is 10.3. The van der Waals surface area contributed by atoms with Crippen LogP contribution in [0.2, 0.25) is 0 Å². The Kier molecular flexibility index (Phi) is 30.3. The Balaban J connectivity index is 4.39. The van der Waals surface area contributed by atoms with Crippen LogP contribution in [0.25, 0.3) is 0 Å². The average Bonchev–Trinajstić information content (AvgIpc) is 2.93. The normalized spacial score (nSPS) is 10.9. The van der Waals surface area contributed by atoms with Crippen LogP contribution in [-0.4, -0.2) is 35.2 Å². The van der Waals surface area contributed by atoms with Gasteiger partial charge in [0.05, 0.1) is 0 Å². The fourth-order valence-corrected chi connectivity index (χ4v) is 7.18. The second-order valence-electron chi connectivity index (χ2n) is 11.4. The van der Waals surface area contributed by atoms with Crippen LogP contribution < -0.4 is 0 Å². The molecule has 0 aliphatic heterocycles. The number of hydrogen-bond donors (Lipinski definition) is 0. The summed E-state index contributed by atoms with van der Waals surface area (Å²) in [5.74, 6) is -1.22. The molecule has 0 saturated carbocycles. The van der Waals surface area contributed by atoms with Gasteiger partial charge >= 0.3 is 254 Å². The minimum absolute atomic E-state index is 0.280. The van der Waals surface area contributed by atoms with Crippen molar-refractivity contribution >= 4 is 35.2 Å². The topological polar surface area (TPSA) is 78.9 Å². The van der Waals surface area contributed by atoms with E-state index in [2.05, 4.69) is 20.8 Å². The minimum atomic E-state index is -3.75. The number of unbranched alkanes of at least 4 members (excludes halogenated alkanes) is 21. The maximum absolute atomic E-state index is 12.4. The molecule has 40 heavy (non-hydrogen) atoms. The molecule has 0 rings (SSSR count). The van der Waals surface area contributed by atoms with E-state index in [1.165, 1.54) is 96.3 Å². The first-order chi connectivity index (χ1) is 19.5. The van der Waals surface area contributed by atoms with Gasteiger partial charge in [-0.05, 0) is 0 Å². The molecular formula is C33H63GaO6. The predicted octanol–water partition coefficient (Wildman–Crippen LogP) is 10.2. The molecule has 0 aliphatic rings. The van der Waals surface area contributed by atoms with Crippen molar-refractivity contribution in [3.63, 3.8) is 0 Å². The van der Waals surface area contributed by atoms with Gasteiger partial charge in [-0.2, -0.15) is 0 Å². The number of carbonyl (C=O) groups is 3. The molecule has 0 aliphatic carbocycles. The fourth-order valence-electron chi connectivity index (χ4n) is 4.78. The van der Waals surface area contributed by atoms with Gasteiger partial charge in [-0.1, -0.05) is 0 Å². The molecule has 0 aromatic carbocycles. The summed E-state index contributed by atoms with van der Waals surface area (Å²) in [6.07, 6.45) is 28.1. The number of hydrogen-bond acceptors (Lipinski definition) is 6. The molecule has 0 radical (unpaired) electrons.